The van der Waals surface area contributed by atoms with Crippen molar-refractivity contribution in [3.8, 4) is 5.75 Å². The molecule has 0 aliphatic heterocycles. The van der Waals surface area contributed by atoms with Crippen LogP contribution in [0, 0.1) is 11.7 Å². The molecule has 0 radical (unpaired) electrons. The second-order valence-electron chi connectivity index (χ2n) is 8.85. The van der Waals surface area contributed by atoms with E-state index in [1.54, 1.807) is 25.4 Å². The Kier molecular flexibility index (Phi) is 4.66. The summed E-state index contributed by atoms with van der Waals surface area (Å²) in [5, 5.41) is 1.15. The van der Waals surface area contributed by atoms with E-state index in [0.717, 1.165) is 47.8 Å². The van der Waals surface area contributed by atoms with Gasteiger partial charge in [0.2, 0.25) is 0 Å². The molecule has 1 aromatic carbocycles. The monoisotopic (exact) mass is 381 g/mol. The zero-order valence-corrected chi connectivity index (χ0v) is 16.8. The van der Waals surface area contributed by atoms with Gasteiger partial charge in [-0.05, 0) is 60.9 Å². The highest BCUT2D eigenvalue weighted by Crippen LogP contribution is 2.47. The van der Waals surface area contributed by atoms with Gasteiger partial charge in [0.05, 0.1) is 18.8 Å². The molecule has 4 rings (SSSR count). The minimum atomic E-state index is -0.366. The molecule has 0 spiro atoms. The summed E-state index contributed by atoms with van der Waals surface area (Å²) in [6, 6.07) is 8.89. The number of hydrogen-bond acceptors (Lipinski definition) is 3. The molecule has 1 atom stereocenters. The minimum absolute atomic E-state index is 0.249. The summed E-state index contributed by atoms with van der Waals surface area (Å²) < 4.78 is 19.5. The van der Waals surface area contributed by atoms with Crippen LogP contribution in [0.3, 0.4) is 0 Å². The maximum Gasteiger partial charge on any atom is 0.123 e. The summed E-state index contributed by atoms with van der Waals surface area (Å²) in [5.74, 6) is 0.943. The quantitative estimate of drug-likeness (QED) is 0.622. The Balaban J connectivity index is 1.65. The Labute approximate surface area is 165 Å². The standard InChI is InChI=1S/C23H28FN3O/c1-22(2,19-11-17(24)6-7-21(19)28-3)14-23(25,16-4-5-16)12-18-10-15-8-9-26-13-20(15)27-18/h6-11,13,16,27H,4-5,12,14,25H2,1-3H3. The van der Waals surface area contributed by atoms with Crippen LogP contribution >= 0.6 is 0 Å². The van der Waals surface area contributed by atoms with E-state index in [9.17, 15) is 4.39 Å². The van der Waals surface area contributed by atoms with Crippen LogP contribution in [-0.4, -0.2) is 22.6 Å². The van der Waals surface area contributed by atoms with Crippen LogP contribution < -0.4 is 10.5 Å². The molecule has 2 heterocycles. The molecule has 2 aromatic heterocycles. The zero-order chi connectivity index (χ0) is 19.9. The van der Waals surface area contributed by atoms with Crippen LogP contribution in [0.4, 0.5) is 4.39 Å². The van der Waals surface area contributed by atoms with E-state index in [2.05, 4.69) is 29.9 Å². The van der Waals surface area contributed by atoms with Gasteiger partial charge in [0.1, 0.15) is 11.6 Å². The van der Waals surface area contributed by atoms with Crippen LogP contribution in [-0.2, 0) is 11.8 Å². The van der Waals surface area contributed by atoms with Crippen LogP contribution in [0.2, 0.25) is 0 Å². The number of rotatable bonds is 7. The average molecular weight is 381 g/mol. The van der Waals surface area contributed by atoms with E-state index in [1.165, 1.54) is 6.07 Å². The Morgan fingerprint density at radius 3 is 2.71 bits per heavy atom. The molecule has 1 aliphatic rings. The molecule has 28 heavy (non-hydrogen) atoms. The molecular formula is C23H28FN3O. The number of ether oxygens (including phenoxy) is 1. The summed E-state index contributed by atoms with van der Waals surface area (Å²) >= 11 is 0. The van der Waals surface area contributed by atoms with Gasteiger partial charge in [-0.15, -0.1) is 0 Å². The molecule has 5 heteroatoms. The summed E-state index contributed by atoms with van der Waals surface area (Å²) in [6.07, 6.45) is 7.44. The number of nitrogens with two attached hydrogens (primary N) is 1. The number of fused-ring (bicyclic) bond motifs is 1. The fourth-order valence-electron chi connectivity index (χ4n) is 4.62. The highest BCUT2D eigenvalue weighted by Gasteiger charge is 2.46. The summed E-state index contributed by atoms with van der Waals surface area (Å²) in [4.78, 5) is 7.65. The molecule has 0 saturated heterocycles. The second-order valence-corrected chi connectivity index (χ2v) is 8.85. The predicted octanol–water partition coefficient (Wildman–Crippen LogP) is 4.73. The second kappa shape index (κ2) is 6.89. The van der Waals surface area contributed by atoms with Gasteiger partial charge in [0, 0.05) is 34.8 Å². The van der Waals surface area contributed by atoms with Gasteiger partial charge in [0.15, 0.2) is 0 Å². The number of H-pyrrole nitrogens is 1. The van der Waals surface area contributed by atoms with E-state index in [1.807, 2.05) is 12.3 Å². The number of aromatic amines is 1. The topological polar surface area (TPSA) is 63.9 Å². The lowest BCUT2D eigenvalue weighted by Gasteiger charge is -2.38. The molecule has 1 saturated carbocycles. The highest BCUT2D eigenvalue weighted by atomic mass is 19.1. The van der Waals surface area contributed by atoms with Crippen molar-refractivity contribution < 1.29 is 9.13 Å². The Hall–Kier alpha value is -2.40. The van der Waals surface area contributed by atoms with Crippen LogP contribution in [0.25, 0.3) is 10.9 Å². The van der Waals surface area contributed by atoms with Crippen molar-refractivity contribution in [3.05, 3.63) is 59.8 Å². The van der Waals surface area contributed by atoms with E-state index >= 15 is 0 Å². The largest absolute Gasteiger partial charge is 0.496 e. The lowest BCUT2D eigenvalue weighted by molar-refractivity contribution is 0.262. The van der Waals surface area contributed by atoms with Gasteiger partial charge in [-0.3, -0.25) is 4.98 Å². The van der Waals surface area contributed by atoms with Crippen molar-refractivity contribution in [1.29, 1.82) is 0 Å². The first-order valence-electron chi connectivity index (χ1n) is 9.85. The first-order valence-corrected chi connectivity index (χ1v) is 9.85. The maximum absolute atomic E-state index is 14.0. The third-order valence-electron chi connectivity index (χ3n) is 6.05. The summed E-state index contributed by atoms with van der Waals surface area (Å²) in [7, 11) is 1.63. The van der Waals surface area contributed by atoms with Crippen molar-refractivity contribution in [1.82, 2.24) is 9.97 Å². The van der Waals surface area contributed by atoms with Gasteiger partial charge in [0.25, 0.3) is 0 Å². The minimum Gasteiger partial charge on any atom is -0.496 e. The maximum atomic E-state index is 14.0. The third kappa shape index (κ3) is 3.63. The summed E-state index contributed by atoms with van der Waals surface area (Å²) in [5.41, 5.74) is 9.37. The van der Waals surface area contributed by atoms with Gasteiger partial charge in [-0.2, -0.15) is 0 Å². The number of pyridine rings is 1. The van der Waals surface area contributed by atoms with Crippen molar-refractivity contribution in [2.24, 2.45) is 11.7 Å². The first-order chi connectivity index (χ1) is 13.3. The molecule has 1 fully saturated rings. The number of benzene rings is 1. The molecule has 4 nitrogen and oxygen atoms in total. The van der Waals surface area contributed by atoms with Crippen molar-refractivity contribution in [2.45, 2.75) is 50.5 Å². The zero-order valence-electron chi connectivity index (χ0n) is 16.8. The van der Waals surface area contributed by atoms with Crippen LogP contribution in [0.5, 0.6) is 5.75 Å². The van der Waals surface area contributed by atoms with Crippen molar-refractivity contribution >= 4 is 10.9 Å². The normalized spacial score (nSPS) is 16.9. The number of halogens is 1. The predicted molar refractivity (Wildman–Crippen MR) is 110 cm³/mol. The number of methoxy groups -OCH3 is 1. The fourth-order valence-corrected chi connectivity index (χ4v) is 4.62. The van der Waals surface area contributed by atoms with E-state index in [0.29, 0.717) is 11.7 Å². The number of nitrogens with zero attached hydrogens (tertiary/aromatic N) is 1. The van der Waals surface area contributed by atoms with Gasteiger partial charge >= 0.3 is 0 Å². The molecule has 3 aromatic rings. The molecule has 3 N–H and O–H groups in total. The third-order valence-corrected chi connectivity index (χ3v) is 6.05. The van der Waals surface area contributed by atoms with Gasteiger partial charge in [-0.25, -0.2) is 4.39 Å². The number of hydrogen-bond donors (Lipinski definition) is 2. The van der Waals surface area contributed by atoms with Crippen molar-refractivity contribution in [3.63, 3.8) is 0 Å². The molecule has 1 unspecified atom stereocenters. The lowest BCUT2D eigenvalue weighted by atomic mass is 9.70. The number of nitrogens with one attached hydrogen (secondary N) is 1. The smallest absolute Gasteiger partial charge is 0.123 e. The number of aromatic nitrogens is 2. The Morgan fingerprint density at radius 2 is 2.04 bits per heavy atom. The molecular weight excluding hydrogens is 353 g/mol. The van der Waals surface area contributed by atoms with Gasteiger partial charge < -0.3 is 15.5 Å². The van der Waals surface area contributed by atoms with Gasteiger partial charge in [-0.1, -0.05) is 13.8 Å². The first kappa shape index (κ1) is 18.9. The lowest BCUT2D eigenvalue weighted by Crippen LogP contribution is -2.49. The molecule has 0 bridgehead atoms. The van der Waals surface area contributed by atoms with E-state index in [4.69, 9.17) is 10.5 Å². The SMILES string of the molecule is COc1ccc(F)cc1C(C)(C)CC(N)(Cc1cc2ccncc2[nH]1)C1CC1. The van der Waals surface area contributed by atoms with Crippen LogP contribution in [0.15, 0.2) is 42.7 Å². The van der Waals surface area contributed by atoms with E-state index in [-0.39, 0.29) is 16.8 Å². The summed E-state index contributed by atoms with van der Waals surface area (Å²) in [6.45, 7) is 4.26. The Bertz CT molecular complexity index is 959. The molecule has 1 aliphatic carbocycles. The van der Waals surface area contributed by atoms with E-state index < -0.39 is 0 Å². The van der Waals surface area contributed by atoms with Crippen LogP contribution in [0.1, 0.15) is 44.4 Å². The fraction of sp³-hybridized carbons (Fsp3) is 0.435. The molecule has 148 valence electrons. The highest BCUT2D eigenvalue weighted by molar-refractivity contribution is 5.79. The Morgan fingerprint density at radius 1 is 1.25 bits per heavy atom. The van der Waals surface area contributed by atoms with Crippen molar-refractivity contribution in [2.75, 3.05) is 7.11 Å². The molecule has 0 amide bonds. The average Bonchev–Trinajstić information content (AvgIpc) is 3.43.